The fourth-order valence-corrected chi connectivity index (χ4v) is 3.78. The van der Waals surface area contributed by atoms with Crippen molar-refractivity contribution >= 4 is 23.4 Å². The first kappa shape index (κ1) is 23.1. The monoisotopic (exact) mass is 452 g/mol. The maximum absolute atomic E-state index is 13.2. The van der Waals surface area contributed by atoms with E-state index in [1.165, 1.54) is 6.07 Å². The Labute approximate surface area is 184 Å². The van der Waals surface area contributed by atoms with E-state index in [2.05, 4.69) is 5.32 Å². The first-order valence-corrected chi connectivity index (χ1v) is 10.6. The number of alkyl halides is 3. The Hall–Kier alpha value is -2.54. The van der Waals surface area contributed by atoms with E-state index in [9.17, 15) is 22.8 Å². The predicted molar refractivity (Wildman–Crippen MR) is 113 cm³/mol. The Bertz CT molecular complexity index is 916. The van der Waals surface area contributed by atoms with Crippen LogP contribution in [-0.2, 0) is 22.2 Å². The Kier molecular flexibility index (Phi) is 7.59. The molecular weight excluding hydrogens is 429 g/mol. The molecule has 8 heteroatoms. The lowest BCUT2D eigenvalue weighted by molar-refractivity contribution is -0.137. The summed E-state index contributed by atoms with van der Waals surface area (Å²) in [5.74, 6) is -0.308. The van der Waals surface area contributed by atoms with Crippen molar-refractivity contribution in [2.24, 2.45) is 0 Å². The largest absolute Gasteiger partial charge is 0.416 e. The molecule has 0 spiro atoms. The molecule has 1 unspecified atom stereocenters. The first-order chi connectivity index (χ1) is 14.7. The molecule has 1 saturated heterocycles. The Morgan fingerprint density at radius 3 is 2.55 bits per heavy atom. The quantitative estimate of drug-likeness (QED) is 0.601. The second kappa shape index (κ2) is 10.2. The third-order valence-electron chi connectivity index (χ3n) is 5.31. The molecule has 4 nitrogen and oxygen atoms in total. The fourth-order valence-electron chi connectivity index (χ4n) is 3.65. The molecule has 1 aliphatic heterocycles. The van der Waals surface area contributed by atoms with Crippen LogP contribution in [0.25, 0.3) is 0 Å². The molecule has 3 rings (SSSR count). The summed E-state index contributed by atoms with van der Waals surface area (Å²) in [5, 5.41) is 3.47. The molecule has 0 saturated carbocycles. The van der Waals surface area contributed by atoms with Crippen molar-refractivity contribution in [3.8, 4) is 0 Å². The third kappa shape index (κ3) is 6.72. The van der Waals surface area contributed by atoms with Gasteiger partial charge in [0.2, 0.25) is 11.8 Å². The number of likely N-dealkylation sites (tertiary alicyclic amines) is 1. The summed E-state index contributed by atoms with van der Waals surface area (Å²) in [5.41, 5.74) is 0.606. The van der Waals surface area contributed by atoms with E-state index in [-0.39, 0.29) is 24.8 Å². The van der Waals surface area contributed by atoms with E-state index in [0.717, 1.165) is 17.7 Å². The van der Waals surface area contributed by atoms with Crippen molar-refractivity contribution in [3.05, 3.63) is 70.2 Å². The van der Waals surface area contributed by atoms with Crippen LogP contribution in [0.15, 0.2) is 48.5 Å². The average molecular weight is 453 g/mol. The molecular formula is C23H24ClF3N2O2. The van der Waals surface area contributed by atoms with Crippen LogP contribution in [0.3, 0.4) is 0 Å². The number of hydrogen-bond acceptors (Lipinski definition) is 2. The van der Waals surface area contributed by atoms with Crippen molar-refractivity contribution in [2.45, 2.75) is 44.3 Å². The van der Waals surface area contributed by atoms with E-state index in [1.807, 2.05) is 12.1 Å². The molecule has 0 aliphatic carbocycles. The molecule has 0 bridgehead atoms. The zero-order valence-electron chi connectivity index (χ0n) is 16.9. The number of benzene rings is 2. The van der Waals surface area contributed by atoms with Gasteiger partial charge in [0, 0.05) is 31.0 Å². The highest BCUT2D eigenvalue weighted by Gasteiger charge is 2.32. The SMILES string of the molecule is O=C(CCCc1ccc(Cl)cc1)NC(CN1CCCC1=O)c1cccc(C(F)(F)F)c1. The highest BCUT2D eigenvalue weighted by molar-refractivity contribution is 6.30. The zero-order valence-corrected chi connectivity index (χ0v) is 17.7. The first-order valence-electron chi connectivity index (χ1n) is 10.2. The number of carbonyl (C=O) groups is 2. The number of halogens is 4. The minimum Gasteiger partial charge on any atom is -0.348 e. The number of nitrogens with one attached hydrogen (secondary N) is 1. The molecule has 1 N–H and O–H groups in total. The van der Waals surface area contributed by atoms with Gasteiger partial charge < -0.3 is 10.2 Å². The lowest BCUT2D eigenvalue weighted by atomic mass is 10.0. The topological polar surface area (TPSA) is 49.4 Å². The number of amides is 2. The van der Waals surface area contributed by atoms with Crippen LogP contribution in [0, 0.1) is 0 Å². The normalized spacial score (nSPS) is 15.2. The van der Waals surface area contributed by atoms with E-state index in [4.69, 9.17) is 11.6 Å². The maximum atomic E-state index is 13.2. The van der Waals surface area contributed by atoms with Crippen LogP contribution in [0.5, 0.6) is 0 Å². The van der Waals surface area contributed by atoms with Crippen molar-refractivity contribution < 1.29 is 22.8 Å². The van der Waals surface area contributed by atoms with Gasteiger partial charge in [-0.05, 0) is 54.7 Å². The van der Waals surface area contributed by atoms with Crippen molar-refractivity contribution in [1.82, 2.24) is 10.2 Å². The van der Waals surface area contributed by atoms with Gasteiger partial charge in [0.05, 0.1) is 11.6 Å². The average Bonchev–Trinajstić information content (AvgIpc) is 3.13. The standard InChI is InChI=1S/C23H24ClF3N2O2/c24-19-11-9-16(10-12-19)4-1-7-21(30)28-20(15-29-13-3-8-22(29)31)17-5-2-6-18(14-17)23(25,26)27/h2,5-6,9-12,14,20H,1,3-4,7-8,13,15H2,(H,28,30). The number of nitrogens with zero attached hydrogens (tertiary/aromatic N) is 1. The fraction of sp³-hybridized carbons (Fsp3) is 0.391. The van der Waals surface area contributed by atoms with Crippen LogP contribution in [0.2, 0.25) is 5.02 Å². The zero-order chi connectivity index (χ0) is 22.4. The number of aryl methyl sites for hydroxylation is 1. The molecule has 1 fully saturated rings. The summed E-state index contributed by atoms with van der Waals surface area (Å²) in [6.07, 6.45) is -1.85. The van der Waals surface area contributed by atoms with Crippen LogP contribution in [0.1, 0.15) is 48.4 Å². The van der Waals surface area contributed by atoms with E-state index in [1.54, 1.807) is 23.1 Å². The molecule has 0 radical (unpaired) electrons. The predicted octanol–water partition coefficient (Wildman–Crippen LogP) is 5.16. The molecule has 2 aromatic carbocycles. The van der Waals surface area contributed by atoms with Gasteiger partial charge in [-0.25, -0.2) is 0 Å². The summed E-state index contributed by atoms with van der Waals surface area (Å²) >= 11 is 5.87. The van der Waals surface area contributed by atoms with Crippen LogP contribution in [0.4, 0.5) is 13.2 Å². The Morgan fingerprint density at radius 2 is 1.90 bits per heavy atom. The van der Waals surface area contributed by atoms with Crippen LogP contribution < -0.4 is 5.32 Å². The summed E-state index contributed by atoms with van der Waals surface area (Å²) in [6, 6.07) is 11.6. The molecule has 2 amide bonds. The van der Waals surface area contributed by atoms with Gasteiger partial charge >= 0.3 is 6.18 Å². The highest BCUT2D eigenvalue weighted by atomic mass is 35.5. The molecule has 2 aromatic rings. The summed E-state index contributed by atoms with van der Waals surface area (Å²) < 4.78 is 39.5. The van der Waals surface area contributed by atoms with Crippen LogP contribution >= 0.6 is 11.6 Å². The van der Waals surface area contributed by atoms with Gasteiger partial charge in [-0.2, -0.15) is 13.2 Å². The van der Waals surface area contributed by atoms with Gasteiger partial charge in [0.15, 0.2) is 0 Å². The maximum Gasteiger partial charge on any atom is 0.416 e. The number of rotatable bonds is 8. The van der Waals surface area contributed by atoms with E-state index < -0.39 is 17.8 Å². The van der Waals surface area contributed by atoms with Crippen molar-refractivity contribution in [1.29, 1.82) is 0 Å². The second-order valence-corrected chi connectivity index (χ2v) is 8.10. The van der Waals surface area contributed by atoms with Gasteiger partial charge in [-0.3, -0.25) is 9.59 Å². The lowest BCUT2D eigenvalue weighted by Gasteiger charge is -2.26. The smallest absolute Gasteiger partial charge is 0.348 e. The molecule has 0 aromatic heterocycles. The van der Waals surface area contributed by atoms with Crippen molar-refractivity contribution in [3.63, 3.8) is 0 Å². The molecule has 31 heavy (non-hydrogen) atoms. The van der Waals surface area contributed by atoms with E-state index in [0.29, 0.717) is 42.8 Å². The number of carbonyl (C=O) groups excluding carboxylic acids is 2. The van der Waals surface area contributed by atoms with Crippen molar-refractivity contribution in [2.75, 3.05) is 13.1 Å². The minimum atomic E-state index is -4.48. The molecule has 1 atom stereocenters. The Morgan fingerprint density at radius 1 is 1.16 bits per heavy atom. The summed E-state index contributed by atoms with van der Waals surface area (Å²) in [4.78, 5) is 26.2. The molecule has 1 heterocycles. The summed E-state index contributed by atoms with van der Waals surface area (Å²) in [7, 11) is 0. The molecule has 166 valence electrons. The number of hydrogen-bond donors (Lipinski definition) is 1. The van der Waals surface area contributed by atoms with Gasteiger partial charge in [-0.1, -0.05) is 35.9 Å². The van der Waals surface area contributed by atoms with Gasteiger partial charge in [0.1, 0.15) is 0 Å². The van der Waals surface area contributed by atoms with E-state index >= 15 is 0 Å². The highest BCUT2D eigenvalue weighted by Crippen LogP contribution is 2.31. The summed E-state index contributed by atoms with van der Waals surface area (Å²) in [6.45, 7) is 0.698. The van der Waals surface area contributed by atoms with Crippen LogP contribution in [-0.4, -0.2) is 29.8 Å². The van der Waals surface area contributed by atoms with Gasteiger partial charge in [0.25, 0.3) is 0 Å². The Balaban J connectivity index is 1.66. The third-order valence-corrected chi connectivity index (χ3v) is 5.56. The minimum absolute atomic E-state index is 0.0473. The lowest BCUT2D eigenvalue weighted by Crippen LogP contribution is -2.38. The van der Waals surface area contributed by atoms with Gasteiger partial charge in [-0.15, -0.1) is 0 Å². The second-order valence-electron chi connectivity index (χ2n) is 7.67. The molecule has 1 aliphatic rings.